The molecule has 7 atom stereocenters. The molecule has 8 rings (SSSR count). The zero-order valence-electron chi connectivity index (χ0n) is 46.8. The lowest BCUT2D eigenvalue weighted by Crippen LogP contribution is -2.58. The van der Waals surface area contributed by atoms with Crippen LogP contribution in [0, 0.1) is 24.2 Å². The third kappa shape index (κ3) is 14.8. The van der Waals surface area contributed by atoms with Crippen molar-refractivity contribution in [2.45, 2.75) is 181 Å². The smallest absolute Gasteiger partial charge is 0.408 e. The van der Waals surface area contributed by atoms with Crippen LogP contribution in [0.2, 0.25) is 0 Å². The molecule has 19 heteroatoms. The zero-order chi connectivity index (χ0) is 56.9. The lowest BCUT2D eigenvalue weighted by molar-refractivity contribution is -0.144. The average Bonchev–Trinajstić information content (AvgIpc) is 4.33. The topological polar surface area (TPSA) is 252 Å². The van der Waals surface area contributed by atoms with Gasteiger partial charge < -0.3 is 46.5 Å². The normalized spacial score (nSPS) is 21.9. The van der Waals surface area contributed by atoms with Gasteiger partial charge in [-0.15, -0.1) is 11.3 Å². The van der Waals surface area contributed by atoms with Crippen molar-refractivity contribution in [2.75, 3.05) is 11.4 Å². The molecular weight excluding hydrogens is 1020 g/mol. The monoisotopic (exact) mass is 1100 g/mol. The summed E-state index contributed by atoms with van der Waals surface area (Å²) >= 11 is 1.57. The standard InChI is InChI=1S/C60H78N8O10S/c1-34-52(79-33-63-34)42-18-16-37(17-19-42)30-62-54(72)47-29-44(69)31-67(47)57(75)53(59(3,4)5)66-50(71)27-40-25-39(26-40)24-36-12-14-38(15-13-36)32-77-35(2)45(22-23-49(61)70)64-55(73)48-28-43-11-9-10-41-20-21-46(56(74)68(48)51(41)43)65-58(76)78-60(6,7)8/h9-19,33,35,39-40,44-48,53,69H,20-32H2,1-8H3,(H2,61,70)(H,62,72)(H,64,73)(H,65,76)(H,66,71)/t35-,39?,40?,44-,45+,46+,47?,48+,53-/m1/s1. The fourth-order valence-corrected chi connectivity index (χ4v) is 12.2. The van der Waals surface area contributed by atoms with E-state index < -0.39 is 83.2 Å². The Morgan fingerprint density at radius 3 is 2.20 bits per heavy atom. The Morgan fingerprint density at radius 1 is 0.861 bits per heavy atom. The van der Waals surface area contributed by atoms with Crippen LogP contribution in [-0.4, -0.2) is 111 Å². The molecule has 18 nitrogen and oxygen atoms in total. The van der Waals surface area contributed by atoms with E-state index in [1.54, 1.807) is 32.1 Å². The highest BCUT2D eigenvalue weighted by Gasteiger charge is 2.47. The first kappa shape index (κ1) is 58.4. The summed E-state index contributed by atoms with van der Waals surface area (Å²) in [6, 6.07) is 17.6. The van der Waals surface area contributed by atoms with Gasteiger partial charge in [-0.05, 0) is 124 Å². The summed E-state index contributed by atoms with van der Waals surface area (Å²) in [6.07, 6.45) is 2.20. The van der Waals surface area contributed by atoms with E-state index in [2.05, 4.69) is 38.4 Å². The molecule has 4 heterocycles. The van der Waals surface area contributed by atoms with Gasteiger partial charge in [0, 0.05) is 38.8 Å². The summed E-state index contributed by atoms with van der Waals surface area (Å²) in [5.41, 5.74) is 13.4. The number of aryl methyl sites for hydroxylation is 2. The van der Waals surface area contributed by atoms with Gasteiger partial charge in [0.1, 0.15) is 29.8 Å². The highest BCUT2D eigenvalue weighted by atomic mass is 32.1. The van der Waals surface area contributed by atoms with Crippen molar-refractivity contribution in [3.63, 3.8) is 0 Å². The number of anilines is 1. The largest absolute Gasteiger partial charge is 0.444 e. The molecule has 7 N–H and O–H groups in total. The first-order chi connectivity index (χ1) is 37.4. The van der Waals surface area contributed by atoms with Gasteiger partial charge in [0.05, 0.1) is 46.6 Å². The van der Waals surface area contributed by atoms with Crippen LogP contribution in [0.3, 0.4) is 0 Å². The molecule has 1 aromatic heterocycles. The van der Waals surface area contributed by atoms with Crippen LogP contribution >= 0.6 is 11.3 Å². The second-order valence-corrected chi connectivity index (χ2v) is 25.0. The summed E-state index contributed by atoms with van der Waals surface area (Å²) < 4.78 is 11.8. The summed E-state index contributed by atoms with van der Waals surface area (Å²) in [4.78, 5) is 103. The molecule has 4 aromatic rings. The maximum Gasteiger partial charge on any atom is 0.408 e. The van der Waals surface area contributed by atoms with Gasteiger partial charge in [-0.3, -0.25) is 33.7 Å². The fourth-order valence-electron chi connectivity index (χ4n) is 11.3. The molecule has 1 aliphatic carbocycles. The molecular formula is C60H78N8O10S. The lowest BCUT2D eigenvalue weighted by Gasteiger charge is -2.37. The molecule has 79 heavy (non-hydrogen) atoms. The molecule has 3 aliphatic heterocycles. The Kier molecular flexibility index (Phi) is 18.3. The van der Waals surface area contributed by atoms with Crippen LogP contribution < -0.4 is 31.9 Å². The Labute approximate surface area is 467 Å². The van der Waals surface area contributed by atoms with E-state index in [0.717, 1.165) is 63.2 Å². The summed E-state index contributed by atoms with van der Waals surface area (Å²) in [5.74, 6) is -1.74. The van der Waals surface area contributed by atoms with E-state index in [-0.39, 0.29) is 69.5 Å². The van der Waals surface area contributed by atoms with Crippen molar-refractivity contribution >= 4 is 58.6 Å². The number of nitrogens with two attached hydrogens (primary N) is 1. The van der Waals surface area contributed by atoms with Gasteiger partial charge in [0.2, 0.25) is 35.4 Å². The number of benzene rings is 3. The third-order valence-electron chi connectivity index (χ3n) is 15.6. The maximum atomic E-state index is 14.3. The van der Waals surface area contributed by atoms with Crippen molar-refractivity contribution in [3.8, 4) is 10.4 Å². The van der Waals surface area contributed by atoms with E-state index in [9.17, 15) is 38.7 Å². The average molecular weight is 1100 g/mol. The fraction of sp³-hybridized carbons (Fsp3) is 0.533. The Balaban J connectivity index is 0.795. The third-order valence-corrected chi connectivity index (χ3v) is 16.6. The van der Waals surface area contributed by atoms with Gasteiger partial charge in [-0.2, -0.15) is 0 Å². The zero-order valence-corrected chi connectivity index (χ0v) is 47.6. The number of aliphatic hydroxyl groups excluding tert-OH is 1. The number of nitrogens with one attached hydrogen (secondary N) is 4. The number of hydrogen-bond acceptors (Lipinski definition) is 12. The quantitative estimate of drug-likeness (QED) is 0.0570. The molecule has 1 unspecified atom stereocenters. The highest BCUT2D eigenvalue weighted by molar-refractivity contribution is 7.13. The second kappa shape index (κ2) is 24.8. The number of para-hydroxylation sites is 1. The number of rotatable bonds is 20. The number of β-amino-alcohol motifs (C(OH)–C–C–N with tert-alkyl or cyclic N) is 1. The predicted octanol–water partition coefficient (Wildman–Crippen LogP) is 6.34. The van der Waals surface area contributed by atoms with Crippen molar-refractivity contribution in [3.05, 3.63) is 106 Å². The van der Waals surface area contributed by atoms with E-state index >= 15 is 0 Å². The number of nitrogens with zero attached hydrogens (tertiary/aromatic N) is 3. The molecule has 2 fully saturated rings. The molecule has 0 radical (unpaired) electrons. The molecule has 0 spiro atoms. The number of primary amides is 1. The van der Waals surface area contributed by atoms with Crippen molar-refractivity contribution < 1.29 is 48.1 Å². The van der Waals surface area contributed by atoms with E-state index in [4.69, 9.17) is 15.2 Å². The number of ether oxygens (including phenoxy) is 2. The lowest BCUT2D eigenvalue weighted by atomic mass is 9.70. The summed E-state index contributed by atoms with van der Waals surface area (Å²) in [7, 11) is 0. The summed E-state index contributed by atoms with van der Waals surface area (Å²) in [5, 5.41) is 22.5. The maximum absolute atomic E-state index is 14.3. The van der Waals surface area contributed by atoms with Crippen LogP contribution in [0.1, 0.15) is 127 Å². The van der Waals surface area contributed by atoms with Gasteiger partial charge in [-0.25, -0.2) is 9.78 Å². The molecule has 3 aromatic carbocycles. The molecule has 424 valence electrons. The molecule has 0 bridgehead atoms. The molecule has 1 saturated heterocycles. The van der Waals surface area contributed by atoms with Gasteiger partial charge >= 0.3 is 6.09 Å². The van der Waals surface area contributed by atoms with Crippen molar-refractivity contribution in [1.82, 2.24) is 31.2 Å². The first-order valence-electron chi connectivity index (χ1n) is 27.7. The number of likely N-dealkylation sites (tertiary alicyclic amines) is 1. The van der Waals surface area contributed by atoms with E-state index in [0.29, 0.717) is 24.4 Å². The number of aromatic nitrogens is 1. The molecule has 7 amide bonds. The minimum Gasteiger partial charge on any atom is -0.444 e. The Bertz CT molecular complexity index is 2870. The minimum absolute atomic E-state index is 0.000818. The number of thiazole rings is 1. The van der Waals surface area contributed by atoms with Crippen LogP contribution in [0.25, 0.3) is 10.4 Å². The van der Waals surface area contributed by atoms with Crippen molar-refractivity contribution in [2.24, 2.45) is 23.0 Å². The first-order valence-corrected chi connectivity index (χ1v) is 28.5. The van der Waals surface area contributed by atoms with Crippen LogP contribution in [0.5, 0.6) is 0 Å². The van der Waals surface area contributed by atoms with E-state index in [1.165, 1.54) is 9.80 Å². The number of hydrogen-bond donors (Lipinski definition) is 6. The molecule has 1 saturated carbocycles. The van der Waals surface area contributed by atoms with Gasteiger partial charge in [0.25, 0.3) is 0 Å². The number of carbonyl (C=O) groups excluding carboxylic acids is 7. The highest BCUT2D eigenvalue weighted by Crippen LogP contribution is 2.41. The summed E-state index contributed by atoms with van der Waals surface area (Å²) in [6.45, 7) is 15.2. The number of carbonyl (C=O) groups is 7. The SMILES string of the molecule is Cc1ncsc1-c1ccc(CNC(=O)C2C[C@@H](O)CN2C(=O)[C@@H](NC(=O)CC2CC(Cc3ccc(CO[C@H](C)[C@H](CCC(N)=O)NC(=O)[C@@H]4Cc5cccc6c5N4C(=O)[C@@H](NC(=O)OC(C)(C)C)CC6)cc3)C2)C(C)(C)C)cc1. The Hall–Kier alpha value is -6.70. The molecule has 4 aliphatic rings. The van der Waals surface area contributed by atoms with Crippen LogP contribution in [0.15, 0.2) is 72.2 Å². The predicted molar refractivity (Wildman–Crippen MR) is 300 cm³/mol. The van der Waals surface area contributed by atoms with E-state index in [1.807, 2.05) is 94.7 Å². The Morgan fingerprint density at radius 2 is 1.54 bits per heavy atom. The number of amides is 7. The number of alkyl carbamates (subject to hydrolysis) is 1. The van der Waals surface area contributed by atoms with Crippen LogP contribution in [0.4, 0.5) is 10.5 Å². The van der Waals surface area contributed by atoms with Gasteiger partial charge in [-0.1, -0.05) is 87.5 Å². The van der Waals surface area contributed by atoms with Crippen molar-refractivity contribution in [1.29, 1.82) is 0 Å². The van der Waals surface area contributed by atoms with Crippen LogP contribution in [-0.2, 0) is 70.7 Å². The second-order valence-electron chi connectivity index (χ2n) is 24.1. The van der Waals surface area contributed by atoms with Gasteiger partial charge in [0.15, 0.2) is 0 Å². The number of aliphatic hydroxyl groups is 1. The minimum atomic E-state index is -0.906.